The number of hydrogen-bond donors (Lipinski definition) is 2. The number of hydrogen-bond acceptors (Lipinski definition) is 4. The summed E-state index contributed by atoms with van der Waals surface area (Å²) in [6, 6.07) is 3.92. The van der Waals surface area contributed by atoms with E-state index in [0.29, 0.717) is 0 Å². The number of nitrogens with zero attached hydrogens (tertiary/aromatic N) is 1. The minimum Gasteiger partial charge on any atom is -0.392 e. The van der Waals surface area contributed by atoms with Crippen LogP contribution in [0, 0.1) is 0 Å². The lowest BCUT2D eigenvalue weighted by Crippen LogP contribution is -2.15. The molecule has 0 aromatic carbocycles. The quantitative estimate of drug-likeness (QED) is 0.771. The second kappa shape index (κ2) is 5.49. The highest BCUT2D eigenvalue weighted by molar-refractivity contribution is 7.99. The van der Waals surface area contributed by atoms with E-state index in [-0.39, 0.29) is 17.4 Å². The Morgan fingerprint density at radius 3 is 2.60 bits per heavy atom. The molecule has 0 bridgehead atoms. The lowest BCUT2D eigenvalue weighted by atomic mass is 10.1. The number of aliphatic hydroxyl groups is 1. The van der Waals surface area contributed by atoms with Gasteiger partial charge in [-0.2, -0.15) is 0 Å². The van der Waals surface area contributed by atoms with Gasteiger partial charge in [-0.05, 0) is 31.5 Å². The average Bonchev–Trinajstić information content (AvgIpc) is 2.18. The van der Waals surface area contributed by atoms with Gasteiger partial charge in [-0.1, -0.05) is 6.92 Å². The van der Waals surface area contributed by atoms with Crippen LogP contribution in [0.2, 0.25) is 0 Å². The fourth-order valence-corrected chi connectivity index (χ4v) is 1.97. The number of aromatic nitrogens is 1. The zero-order valence-corrected chi connectivity index (χ0v) is 10.2. The summed E-state index contributed by atoms with van der Waals surface area (Å²) >= 11 is 1.57. The summed E-state index contributed by atoms with van der Waals surface area (Å²) in [5.74, 6) is 0. The summed E-state index contributed by atoms with van der Waals surface area (Å²) < 4.78 is 0. The standard InChI is InChI=1S/C11H18N2OS/c1-7(12)10-4-5-13-11(6-10)15-9(3)8(2)14/h4-9,14H,12H2,1-3H3. The zero-order chi connectivity index (χ0) is 11.4. The molecule has 1 rings (SSSR count). The van der Waals surface area contributed by atoms with Gasteiger partial charge >= 0.3 is 0 Å². The molecule has 15 heavy (non-hydrogen) atoms. The molecule has 3 unspecified atom stereocenters. The highest BCUT2D eigenvalue weighted by Gasteiger charge is 2.11. The summed E-state index contributed by atoms with van der Waals surface area (Å²) in [4.78, 5) is 4.24. The van der Waals surface area contributed by atoms with E-state index in [4.69, 9.17) is 5.73 Å². The van der Waals surface area contributed by atoms with Gasteiger partial charge in [0, 0.05) is 17.5 Å². The van der Waals surface area contributed by atoms with Gasteiger partial charge in [0.1, 0.15) is 0 Å². The van der Waals surface area contributed by atoms with Crippen molar-refractivity contribution in [3.05, 3.63) is 23.9 Å². The summed E-state index contributed by atoms with van der Waals surface area (Å²) in [5.41, 5.74) is 6.86. The van der Waals surface area contributed by atoms with Crippen molar-refractivity contribution in [2.45, 2.75) is 43.2 Å². The van der Waals surface area contributed by atoms with Crippen LogP contribution in [0.4, 0.5) is 0 Å². The van der Waals surface area contributed by atoms with Crippen LogP contribution in [0.1, 0.15) is 32.4 Å². The van der Waals surface area contributed by atoms with Crippen LogP contribution >= 0.6 is 11.8 Å². The molecule has 1 heterocycles. The van der Waals surface area contributed by atoms with Crippen LogP contribution in [0.15, 0.2) is 23.4 Å². The molecule has 0 radical (unpaired) electrons. The van der Waals surface area contributed by atoms with Gasteiger partial charge in [0.2, 0.25) is 0 Å². The fraction of sp³-hybridized carbons (Fsp3) is 0.545. The van der Waals surface area contributed by atoms with Crippen LogP contribution in [-0.4, -0.2) is 21.4 Å². The molecule has 3 atom stereocenters. The van der Waals surface area contributed by atoms with Crippen molar-refractivity contribution in [1.29, 1.82) is 0 Å². The predicted molar refractivity (Wildman–Crippen MR) is 63.8 cm³/mol. The van der Waals surface area contributed by atoms with Crippen LogP contribution in [-0.2, 0) is 0 Å². The molecule has 0 fully saturated rings. The minimum absolute atomic E-state index is 0.0224. The number of pyridine rings is 1. The lowest BCUT2D eigenvalue weighted by Gasteiger charge is -2.14. The molecule has 0 saturated heterocycles. The maximum atomic E-state index is 9.39. The van der Waals surface area contributed by atoms with Crippen molar-refractivity contribution < 1.29 is 5.11 Å². The normalized spacial score (nSPS) is 17.1. The van der Waals surface area contributed by atoms with Crippen molar-refractivity contribution >= 4 is 11.8 Å². The van der Waals surface area contributed by atoms with E-state index >= 15 is 0 Å². The Balaban J connectivity index is 2.73. The van der Waals surface area contributed by atoms with E-state index in [1.165, 1.54) is 0 Å². The molecular weight excluding hydrogens is 208 g/mol. The molecule has 1 aromatic rings. The predicted octanol–water partition coefficient (Wildman–Crippen LogP) is 1.96. The molecule has 0 aliphatic carbocycles. The van der Waals surface area contributed by atoms with Crippen molar-refractivity contribution in [2.75, 3.05) is 0 Å². The minimum atomic E-state index is -0.337. The average molecular weight is 226 g/mol. The second-order valence-electron chi connectivity index (χ2n) is 3.78. The largest absolute Gasteiger partial charge is 0.392 e. The monoisotopic (exact) mass is 226 g/mol. The third-order valence-electron chi connectivity index (χ3n) is 2.27. The van der Waals surface area contributed by atoms with E-state index in [1.54, 1.807) is 24.9 Å². The Labute approximate surface area is 95.1 Å². The zero-order valence-electron chi connectivity index (χ0n) is 9.34. The van der Waals surface area contributed by atoms with E-state index in [1.807, 2.05) is 26.0 Å². The van der Waals surface area contributed by atoms with Gasteiger partial charge in [0.15, 0.2) is 0 Å². The van der Waals surface area contributed by atoms with Gasteiger partial charge in [0.05, 0.1) is 11.1 Å². The van der Waals surface area contributed by atoms with Gasteiger partial charge in [0.25, 0.3) is 0 Å². The van der Waals surface area contributed by atoms with Gasteiger partial charge in [-0.15, -0.1) is 11.8 Å². The molecule has 0 amide bonds. The first-order valence-electron chi connectivity index (χ1n) is 5.07. The Morgan fingerprint density at radius 1 is 1.40 bits per heavy atom. The van der Waals surface area contributed by atoms with Crippen LogP contribution < -0.4 is 5.73 Å². The molecule has 0 aliphatic rings. The Morgan fingerprint density at radius 2 is 2.07 bits per heavy atom. The smallest absolute Gasteiger partial charge is 0.0966 e. The van der Waals surface area contributed by atoms with Crippen LogP contribution in [0.5, 0.6) is 0 Å². The van der Waals surface area contributed by atoms with Gasteiger partial charge in [-0.3, -0.25) is 0 Å². The molecular formula is C11H18N2OS. The Hall–Kier alpha value is -0.580. The highest BCUT2D eigenvalue weighted by Crippen LogP contribution is 2.24. The molecule has 0 saturated carbocycles. The van der Waals surface area contributed by atoms with E-state index in [9.17, 15) is 5.11 Å². The topological polar surface area (TPSA) is 59.1 Å². The molecule has 1 aromatic heterocycles. The van der Waals surface area contributed by atoms with Gasteiger partial charge < -0.3 is 10.8 Å². The molecule has 0 aliphatic heterocycles. The fourth-order valence-electron chi connectivity index (χ4n) is 1.06. The lowest BCUT2D eigenvalue weighted by molar-refractivity contribution is 0.196. The van der Waals surface area contributed by atoms with E-state index < -0.39 is 0 Å². The Kier molecular flexibility index (Phi) is 4.57. The number of aliphatic hydroxyl groups excluding tert-OH is 1. The summed E-state index contributed by atoms with van der Waals surface area (Å²) in [7, 11) is 0. The molecule has 0 spiro atoms. The maximum Gasteiger partial charge on any atom is 0.0966 e. The van der Waals surface area contributed by atoms with E-state index in [0.717, 1.165) is 10.6 Å². The first-order chi connectivity index (χ1) is 7.00. The summed E-state index contributed by atoms with van der Waals surface area (Å²) in [5, 5.41) is 10.4. The van der Waals surface area contributed by atoms with Crippen molar-refractivity contribution in [1.82, 2.24) is 4.98 Å². The number of rotatable bonds is 4. The molecule has 4 heteroatoms. The number of thioether (sulfide) groups is 1. The molecule has 3 nitrogen and oxygen atoms in total. The molecule has 84 valence electrons. The van der Waals surface area contributed by atoms with E-state index in [2.05, 4.69) is 4.98 Å². The summed E-state index contributed by atoms with van der Waals surface area (Å²) in [6.07, 6.45) is 1.42. The van der Waals surface area contributed by atoms with Crippen molar-refractivity contribution in [3.8, 4) is 0 Å². The summed E-state index contributed by atoms with van der Waals surface area (Å²) in [6.45, 7) is 5.71. The first kappa shape index (κ1) is 12.5. The van der Waals surface area contributed by atoms with Gasteiger partial charge in [-0.25, -0.2) is 4.98 Å². The van der Waals surface area contributed by atoms with Crippen molar-refractivity contribution in [3.63, 3.8) is 0 Å². The highest BCUT2D eigenvalue weighted by atomic mass is 32.2. The SMILES string of the molecule is CC(N)c1ccnc(SC(C)C(C)O)c1. The van der Waals surface area contributed by atoms with Crippen LogP contribution in [0.3, 0.4) is 0 Å². The van der Waals surface area contributed by atoms with Crippen LogP contribution in [0.25, 0.3) is 0 Å². The first-order valence-corrected chi connectivity index (χ1v) is 5.95. The van der Waals surface area contributed by atoms with Crippen molar-refractivity contribution in [2.24, 2.45) is 5.73 Å². The number of nitrogens with two attached hydrogens (primary N) is 1. The second-order valence-corrected chi connectivity index (χ2v) is 5.18. The third-order valence-corrected chi connectivity index (χ3v) is 3.50. The maximum absolute atomic E-state index is 9.39. The molecule has 3 N–H and O–H groups in total. The Bertz CT molecular complexity index is 315. The third kappa shape index (κ3) is 3.81.